The van der Waals surface area contributed by atoms with E-state index in [-0.39, 0.29) is 5.41 Å². The van der Waals surface area contributed by atoms with Gasteiger partial charge in [-0.25, -0.2) is 4.98 Å². The van der Waals surface area contributed by atoms with Gasteiger partial charge >= 0.3 is 0 Å². The maximum Gasteiger partial charge on any atom is 0.112 e. The third-order valence-corrected chi connectivity index (χ3v) is 10.8. The first-order valence-corrected chi connectivity index (χ1v) is 20.3. The van der Waals surface area contributed by atoms with Gasteiger partial charge in [-0.05, 0) is 30.4 Å². The second-order valence-corrected chi connectivity index (χ2v) is 14.8. The number of nitrogens with zero attached hydrogens (tertiary/aromatic N) is 2. The number of benzene rings is 2. The maximum atomic E-state index is 5.15. The van der Waals surface area contributed by atoms with Crippen LogP contribution in [0.1, 0.15) is 191 Å². The summed E-state index contributed by atoms with van der Waals surface area (Å²) >= 11 is 0. The molecule has 2 aromatic carbocycles. The summed E-state index contributed by atoms with van der Waals surface area (Å²) in [6, 6.07) is 22.5. The van der Waals surface area contributed by atoms with E-state index in [0.29, 0.717) is 5.92 Å². The molecule has 3 aromatic rings. The molecule has 1 aromatic heterocycles. The Morgan fingerprint density at radius 3 is 1.51 bits per heavy atom. The Morgan fingerprint density at radius 2 is 1.00 bits per heavy atom. The van der Waals surface area contributed by atoms with E-state index in [2.05, 4.69) is 98.4 Å². The van der Waals surface area contributed by atoms with Gasteiger partial charge in [-0.1, -0.05) is 216 Å². The molecule has 1 heterocycles. The number of rotatable bonds is 29. The van der Waals surface area contributed by atoms with Crippen LogP contribution in [0.25, 0.3) is 0 Å². The minimum absolute atomic E-state index is 0.0263. The Bertz CT molecular complexity index is 1120. The molecule has 2 atom stereocenters. The first-order valence-electron chi connectivity index (χ1n) is 20.3. The molecule has 2 heteroatoms. The molecule has 0 N–H and O–H groups in total. The van der Waals surface area contributed by atoms with Crippen LogP contribution in [-0.4, -0.2) is 9.55 Å². The number of imidazole rings is 1. The average molecular weight is 641 g/mol. The van der Waals surface area contributed by atoms with E-state index in [1.807, 2.05) is 0 Å². The lowest BCUT2D eigenvalue weighted by molar-refractivity contribution is 0.321. The van der Waals surface area contributed by atoms with E-state index in [1.54, 1.807) is 0 Å². The molecule has 0 saturated heterocycles. The zero-order valence-electron chi connectivity index (χ0n) is 31.1. The molecule has 262 valence electrons. The predicted octanol–water partition coefficient (Wildman–Crippen LogP) is 14.2. The highest BCUT2D eigenvalue weighted by Gasteiger charge is 2.39. The van der Waals surface area contributed by atoms with E-state index in [9.17, 15) is 0 Å². The molecule has 0 aliphatic carbocycles. The fraction of sp³-hybridized carbons (Fsp3) is 0.667. The highest BCUT2D eigenvalue weighted by molar-refractivity contribution is 5.33. The van der Waals surface area contributed by atoms with Crippen molar-refractivity contribution >= 4 is 0 Å². The second kappa shape index (κ2) is 24.7. The van der Waals surface area contributed by atoms with E-state index >= 15 is 0 Å². The van der Waals surface area contributed by atoms with Crippen molar-refractivity contribution in [1.82, 2.24) is 9.55 Å². The highest BCUT2D eigenvalue weighted by atomic mass is 15.1. The van der Waals surface area contributed by atoms with Gasteiger partial charge in [0.25, 0.3) is 0 Å². The molecule has 3 rings (SSSR count). The number of hydrogen-bond donors (Lipinski definition) is 0. The number of aryl methyl sites for hydroxylation is 1. The fourth-order valence-electron chi connectivity index (χ4n) is 7.78. The standard InChI is InChI=1S/C45H72N2/c1-4-6-8-10-12-14-15-16-17-18-19-20-22-30-36-43(44-46-37-39-47(44)38-31-23-21-13-11-9-7-5-2)45(3,42-34-28-25-29-35-42)40-41-32-26-24-27-33-41/h24-29,32-35,37,39,43H,4-23,30-31,36,38,40H2,1-3H3. The van der Waals surface area contributed by atoms with Crippen LogP contribution >= 0.6 is 0 Å². The monoisotopic (exact) mass is 641 g/mol. The van der Waals surface area contributed by atoms with E-state index in [1.165, 1.54) is 165 Å². The summed E-state index contributed by atoms with van der Waals surface area (Å²) in [6.45, 7) is 8.23. The number of unbranched alkanes of at least 4 members (excludes halogenated alkanes) is 20. The largest absolute Gasteiger partial charge is 0.335 e. The lowest BCUT2D eigenvalue weighted by Gasteiger charge is -2.39. The first-order chi connectivity index (χ1) is 23.2. The molecular formula is C45H72N2. The Hall–Kier alpha value is -2.35. The van der Waals surface area contributed by atoms with Crippen LogP contribution in [0.4, 0.5) is 0 Å². The fourth-order valence-corrected chi connectivity index (χ4v) is 7.78. The molecule has 0 aliphatic rings. The van der Waals surface area contributed by atoms with Gasteiger partial charge in [0.05, 0.1) is 0 Å². The summed E-state index contributed by atoms with van der Waals surface area (Å²) in [5, 5.41) is 0. The molecule has 0 amide bonds. The normalized spacial score (nSPS) is 13.5. The molecule has 0 aliphatic heterocycles. The summed E-state index contributed by atoms with van der Waals surface area (Å²) in [4.78, 5) is 5.15. The van der Waals surface area contributed by atoms with Crippen LogP contribution in [0.15, 0.2) is 73.1 Å². The highest BCUT2D eigenvalue weighted by Crippen LogP contribution is 2.44. The van der Waals surface area contributed by atoms with Gasteiger partial charge in [0, 0.05) is 30.3 Å². The van der Waals surface area contributed by atoms with Crippen LogP contribution < -0.4 is 0 Å². The molecule has 0 fully saturated rings. The third kappa shape index (κ3) is 15.2. The van der Waals surface area contributed by atoms with Gasteiger partial charge < -0.3 is 4.57 Å². The smallest absolute Gasteiger partial charge is 0.112 e. The van der Waals surface area contributed by atoms with Gasteiger partial charge in [0.2, 0.25) is 0 Å². The van der Waals surface area contributed by atoms with Crippen LogP contribution in [0.3, 0.4) is 0 Å². The zero-order chi connectivity index (χ0) is 33.3. The van der Waals surface area contributed by atoms with Gasteiger partial charge in [-0.3, -0.25) is 0 Å². The van der Waals surface area contributed by atoms with Crippen molar-refractivity contribution < 1.29 is 0 Å². The van der Waals surface area contributed by atoms with Crippen molar-refractivity contribution in [2.75, 3.05) is 0 Å². The van der Waals surface area contributed by atoms with Crippen LogP contribution in [0, 0.1) is 0 Å². The topological polar surface area (TPSA) is 17.8 Å². The second-order valence-electron chi connectivity index (χ2n) is 14.8. The van der Waals surface area contributed by atoms with Gasteiger partial charge in [-0.2, -0.15) is 0 Å². The van der Waals surface area contributed by atoms with Crippen molar-refractivity contribution in [2.45, 2.75) is 193 Å². The Balaban J connectivity index is 1.59. The lowest BCUT2D eigenvalue weighted by Crippen LogP contribution is -2.35. The Morgan fingerprint density at radius 1 is 0.553 bits per heavy atom. The van der Waals surface area contributed by atoms with Crippen LogP contribution in [0.2, 0.25) is 0 Å². The summed E-state index contributed by atoms with van der Waals surface area (Å²) in [5.41, 5.74) is 2.84. The van der Waals surface area contributed by atoms with Crippen LogP contribution in [0.5, 0.6) is 0 Å². The minimum Gasteiger partial charge on any atom is -0.335 e. The van der Waals surface area contributed by atoms with Crippen molar-refractivity contribution in [3.63, 3.8) is 0 Å². The molecular weight excluding hydrogens is 569 g/mol. The Kier molecular flexibility index (Phi) is 20.6. The van der Waals surface area contributed by atoms with E-state index in [0.717, 1.165) is 13.0 Å². The summed E-state index contributed by atoms with van der Waals surface area (Å²) in [5.74, 6) is 1.69. The quantitative estimate of drug-likeness (QED) is 0.0690. The molecule has 47 heavy (non-hydrogen) atoms. The van der Waals surface area contributed by atoms with Crippen molar-refractivity contribution in [2.24, 2.45) is 0 Å². The maximum absolute atomic E-state index is 5.15. The SMILES string of the molecule is CCCCCCCCCCCCCCCCC(c1nccn1CCCCCCCCCC)C(C)(Cc1ccccc1)c1ccccc1. The summed E-state index contributed by atoms with van der Waals surface area (Å²) < 4.78 is 2.53. The summed E-state index contributed by atoms with van der Waals surface area (Å²) in [6.07, 6.45) is 37.1. The van der Waals surface area contributed by atoms with E-state index < -0.39 is 0 Å². The molecule has 0 bridgehead atoms. The molecule has 0 radical (unpaired) electrons. The number of hydrogen-bond acceptors (Lipinski definition) is 1. The van der Waals surface area contributed by atoms with E-state index in [4.69, 9.17) is 4.98 Å². The van der Waals surface area contributed by atoms with Crippen molar-refractivity contribution in [3.8, 4) is 0 Å². The molecule has 0 saturated carbocycles. The summed E-state index contributed by atoms with van der Waals surface area (Å²) in [7, 11) is 0. The van der Waals surface area contributed by atoms with Crippen molar-refractivity contribution in [3.05, 3.63) is 90.0 Å². The molecule has 0 spiro atoms. The van der Waals surface area contributed by atoms with Gasteiger partial charge in [-0.15, -0.1) is 0 Å². The lowest BCUT2D eigenvalue weighted by atomic mass is 9.66. The first kappa shape index (κ1) is 39.1. The van der Waals surface area contributed by atoms with Crippen molar-refractivity contribution in [1.29, 1.82) is 0 Å². The van der Waals surface area contributed by atoms with Gasteiger partial charge in [0.1, 0.15) is 5.82 Å². The predicted molar refractivity (Wildman–Crippen MR) is 206 cm³/mol. The van der Waals surface area contributed by atoms with Gasteiger partial charge in [0.15, 0.2) is 0 Å². The van der Waals surface area contributed by atoms with Crippen LogP contribution in [-0.2, 0) is 18.4 Å². The number of aromatic nitrogens is 2. The molecule has 2 unspecified atom stereocenters. The molecule has 2 nitrogen and oxygen atoms in total. The third-order valence-electron chi connectivity index (χ3n) is 10.8. The Labute approximate surface area is 291 Å². The minimum atomic E-state index is -0.0263. The average Bonchev–Trinajstić information content (AvgIpc) is 3.56. The zero-order valence-corrected chi connectivity index (χ0v) is 31.1.